The number of nitriles is 1. The van der Waals surface area contributed by atoms with Gasteiger partial charge in [0.05, 0.1) is 11.8 Å². The molecule has 0 radical (unpaired) electrons. The number of ketones is 1. The molecule has 0 bridgehead atoms. The van der Waals surface area contributed by atoms with Gasteiger partial charge in [-0.3, -0.25) is 9.59 Å². The predicted octanol–water partition coefficient (Wildman–Crippen LogP) is 1.34. The quantitative estimate of drug-likeness (QED) is 0.673. The Labute approximate surface area is 108 Å². The van der Waals surface area contributed by atoms with Gasteiger partial charge in [-0.15, -0.1) is 0 Å². The number of halogens is 1. The number of amides is 1. The van der Waals surface area contributed by atoms with Crippen LogP contribution in [0.5, 0.6) is 0 Å². The molecule has 5 nitrogen and oxygen atoms in total. The zero-order valence-electron chi connectivity index (χ0n) is 9.53. The lowest BCUT2D eigenvalue weighted by atomic mass is 10.0. The fourth-order valence-electron chi connectivity index (χ4n) is 1.47. The van der Waals surface area contributed by atoms with Gasteiger partial charge in [-0.05, 0) is 28.9 Å². The zero-order chi connectivity index (χ0) is 13.0. The highest BCUT2D eigenvalue weighted by Crippen LogP contribution is 2.18. The van der Waals surface area contributed by atoms with Crippen molar-refractivity contribution in [3.8, 4) is 6.07 Å². The summed E-state index contributed by atoms with van der Waals surface area (Å²) in [5.41, 5.74) is 0.356. The van der Waals surface area contributed by atoms with E-state index in [0.717, 1.165) is 4.47 Å². The van der Waals surface area contributed by atoms with E-state index in [0.29, 0.717) is 12.2 Å². The number of carbonyl (C=O) groups excluding carboxylic acids is 2. The molecule has 1 aromatic heterocycles. The van der Waals surface area contributed by atoms with Crippen LogP contribution in [0.3, 0.4) is 0 Å². The molecule has 6 heteroatoms. The van der Waals surface area contributed by atoms with E-state index in [4.69, 9.17) is 5.26 Å². The van der Waals surface area contributed by atoms with E-state index in [1.54, 1.807) is 22.9 Å². The zero-order valence-corrected chi connectivity index (χ0v) is 11.1. The number of Topliss-reactive ketones (excluding diaryl/α,β-unsaturated/α-hetero) is 1. The third-order valence-corrected chi connectivity index (χ3v) is 2.79. The van der Waals surface area contributed by atoms with Crippen LogP contribution in [-0.4, -0.2) is 23.3 Å². The second-order valence-corrected chi connectivity index (χ2v) is 4.29. The summed E-state index contributed by atoms with van der Waals surface area (Å²) in [6.07, 6.45) is 1.74. The monoisotopic (exact) mass is 297 g/mol. The van der Waals surface area contributed by atoms with Gasteiger partial charge < -0.3 is 9.88 Å². The van der Waals surface area contributed by atoms with Crippen molar-refractivity contribution >= 4 is 27.6 Å². The largest absolute Gasteiger partial charge is 0.358 e. The Kier molecular flexibility index (Phi) is 4.46. The van der Waals surface area contributed by atoms with Crippen molar-refractivity contribution in [1.29, 1.82) is 5.26 Å². The highest BCUT2D eigenvalue weighted by atomic mass is 79.9. The van der Waals surface area contributed by atoms with Gasteiger partial charge in [0, 0.05) is 24.3 Å². The molecular formula is C11H12BrN3O2. The van der Waals surface area contributed by atoms with Crippen LogP contribution in [-0.2, 0) is 11.3 Å². The molecule has 0 unspecified atom stereocenters. The fraction of sp³-hybridized carbons (Fsp3) is 0.364. The van der Waals surface area contributed by atoms with Crippen LogP contribution in [0.15, 0.2) is 16.7 Å². The SMILES string of the molecule is CCn1cc(Br)cc1C(=O)[C@@H](C#N)C(=O)NC. The lowest BCUT2D eigenvalue weighted by Gasteiger charge is -2.08. The molecule has 0 saturated carbocycles. The summed E-state index contributed by atoms with van der Waals surface area (Å²) in [6, 6.07) is 3.33. The normalized spacial score (nSPS) is 11.6. The molecule has 90 valence electrons. The molecular weight excluding hydrogens is 286 g/mol. The summed E-state index contributed by atoms with van der Waals surface area (Å²) in [6.45, 7) is 2.48. The van der Waals surface area contributed by atoms with Crippen molar-refractivity contribution in [2.45, 2.75) is 13.5 Å². The average Bonchev–Trinajstić information content (AvgIpc) is 2.70. The van der Waals surface area contributed by atoms with E-state index in [1.165, 1.54) is 7.05 Å². The molecule has 17 heavy (non-hydrogen) atoms. The maximum Gasteiger partial charge on any atom is 0.245 e. The van der Waals surface area contributed by atoms with E-state index in [9.17, 15) is 9.59 Å². The standard InChI is InChI=1S/C11H12BrN3O2/c1-3-15-6-7(12)4-9(15)10(16)8(5-13)11(17)14-2/h4,6,8H,3H2,1-2H3,(H,14,17)/t8-/m1/s1. The first kappa shape index (κ1) is 13.5. The van der Waals surface area contributed by atoms with Crippen LogP contribution in [0.2, 0.25) is 0 Å². The lowest BCUT2D eigenvalue weighted by Crippen LogP contribution is -2.33. The number of hydrogen-bond donors (Lipinski definition) is 1. The smallest absolute Gasteiger partial charge is 0.245 e. The molecule has 0 aliphatic heterocycles. The molecule has 0 saturated heterocycles. The fourth-order valence-corrected chi connectivity index (χ4v) is 1.94. The highest BCUT2D eigenvalue weighted by Gasteiger charge is 2.28. The Balaban J connectivity index is 3.11. The summed E-state index contributed by atoms with van der Waals surface area (Å²) in [5, 5.41) is 11.2. The van der Waals surface area contributed by atoms with Gasteiger partial charge in [-0.1, -0.05) is 0 Å². The summed E-state index contributed by atoms with van der Waals surface area (Å²) in [5.74, 6) is -2.37. The molecule has 0 aromatic carbocycles. The van der Waals surface area contributed by atoms with Crippen molar-refractivity contribution < 1.29 is 9.59 Å². The molecule has 0 fully saturated rings. The van der Waals surface area contributed by atoms with Crippen LogP contribution in [0.25, 0.3) is 0 Å². The Morgan fingerprint density at radius 2 is 2.29 bits per heavy atom. The van der Waals surface area contributed by atoms with Gasteiger partial charge in [0.1, 0.15) is 0 Å². The second-order valence-electron chi connectivity index (χ2n) is 3.37. The summed E-state index contributed by atoms with van der Waals surface area (Å²) in [4.78, 5) is 23.4. The van der Waals surface area contributed by atoms with E-state index in [2.05, 4.69) is 21.2 Å². The topological polar surface area (TPSA) is 74.9 Å². The van der Waals surface area contributed by atoms with E-state index < -0.39 is 17.6 Å². The van der Waals surface area contributed by atoms with Crippen molar-refractivity contribution in [3.63, 3.8) is 0 Å². The number of hydrogen-bond acceptors (Lipinski definition) is 3. The van der Waals surface area contributed by atoms with Crippen LogP contribution >= 0.6 is 15.9 Å². The van der Waals surface area contributed by atoms with E-state index >= 15 is 0 Å². The second kappa shape index (κ2) is 5.64. The minimum atomic E-state index is -1.30. The number of carbonyl (C=O) groups is 2. The van der Waals surface area contributed by atoms with E-state index in [-0.39, 0.29) is 0 Å². The van der Waals surface area contributed by atoms with Crippen LogP contribution in [0.1, 0.15) is 17.4 Å². The van der Waals surface area contributed by atoms with Gasteiger partial charge in [0.25, 0.3) is 0 Å². The molecule has 1 atom stereocenters. The highest BCUT2D eigenvalue weighted by molar-refractivity contribution is 9.10. The molecule has 1 amide bonds. The first-order valence-corrected chi connectivity index (χ1v) is 5.85. The van der Waals surface area contributed by atoms with Crippen LogP contribution in [0.4, 0.5) is 0 Å². The first-order chi connectivity index (χ1) is 8.04. The van der Waals surface area contributed by atoms with Crippen molar-refractivity contribution in [1.82, 2.24) is 9.88 Å². The number of rotatable bonds is 4. The van der Waals surface area contributed by atoms with Crippen molar-refractivity contribution in [2.24, 2.45) is 5.92 Å². The Morgan fingerprint density at radius 1 is 1.65 bits per heavy atom. The summed E-state index contributed by atoms with van der Waals surface area (Å²) in [7, 11) is 1.40. The third kappa shape index (κ3) is 2.74. The molecule has 1 heterocycles. The molecule has 0 aliphatic carbocycles. The average molecular weight is 298 g/mol. The maximum atomic E-state index is 12.0. The first-order valence-electron chi connectivity index (χ1n) is 5.06. The third-order valence-electron chi connectivity index (χ3n) is 2.36. The van der Waals surface area contributed by atoms with Gasteiger partial charge >= 0.3 is 0 Å². The van der Waals surface area contributed by atoms with Crippen LogP contribution in [0, 0.1) is 17.2 Å². The number of nitrogens with one attached hydrogen (secondary N) is 1. The molecule has 1 rings (SSSR count). The van der Waals surface area contributed by atoms with Crippen molar-refractivity contribution in [2.75, 3.05) is 7.05 Å². The minimum Gasteiger partial charge on any atom is -0.358 e. The van der Waals surface area contributed by atoms with Gasteiger partial charge in [-0.25, -0.2) is 0 Å². The molecule has 1 aromatic rings. The summed E-state index contributed by atoms with van der Waals surface area (Å²) < 4.78 is 2.44. The van der Waals surface area contributed by atoms with Crippen molar-refractivity contribution in [3.05, 3.63) is 22.4 Å². The Morgan fingerprint density at radius 3 is 2.76 bits per heavy atom. The molecule has 0 spiro atoms. The molecule has 0 aliphatic rings. The Bertz CT molecular complexity index is 487. The maximum absolute atomic E-state index is 12.0. The number of nitrogens with zero attached hydrogens (tertiary/aromatic N) is 2. The molecule has 1 N–H and O–H groups in total. The van der Waals surface area contributed by atoms with Crippen LogP contribution < -0.4 is 5.32 Å². The summed E-state index contributed by atoms with van der Waals surface area (Å²) >= 11 is 3.26. The van der Waals surface area contributed by atoms with Gasteiger partial charge in [-0.2, -0.15) is 5.26 Å². The Hall–Kier alpha value is -1.61. The lowest BCUT2D eigenvalue weighted by molar-refractivity contribution is -0.121. The minimum absolute atomic E-state index is 0.356. The predicted molar refractivity (Wildman–Crippen MR) is 65.3 cm³/mol. The van der Waals surface area contributed by atoms with Gasteiger partial charge in [0.15, 0.2) is 5.92 Å². The number of aromatic nitrogens is 1. The van der Waals surface area contributed by atoms with E-state index in [1.807, 2.05) is 6.92 Å². The van der Waals surface area contributed by atoms with Gasteiger partial charge in [0.2, 0.25) is 11.7 Å². The number of aryl methyl sites for hydroxylation is 1.